The number of hydrogen-bond donors (Lipinski definition) is 1. The molecule has 0 amide bonds. The van der Waals surface area contributed by atoms with Gasteiger partial charge in [0.15, 0.2) is 0 Å². The van der Waals surface area contributed by atoms with Crippen LogP contribution < -0.4 is 5.32 Å². The molecule has 0 spiro atoms. The van der Waals surface area contributed by atoms with Crippen LogP contribution in [0.15, 0.2) is 42.5 Å². The molecular formula is C19H24FN. The first-order valence-corrected chi connectivity index (χ1v) is 7.62. The number of hydrogen-bond acceptors (Lipinski definition) is 1. The van der Waals surface area contributed by atoms with Gasteiger partial charge in [0.05, 0.1) is 0 Å². The lowest BCUT2D eigenvalue weighted by molar-refractivity contribution is 0.587. The zero-order valence-corrected chi connectivity index (χ0v) is 13.1. The topological polar surface area (TPSA) is 12.0 Å². The Morgan fingerprint density at radius 3 is 2.43 bits per heavy atom. The van der Waals surface area contributed by atoms with Crippen LogP contribution >= 0.6 is 0 Å². The normalized spacial score (nSPS) is 12.4. The molecule has 1 nitrogen and oxygen atoms in total. The standard InChI is InChI=1S/C19H24FN/c1-4-21-13-18(16-8-5-14(2)6-9-16)11-17-12-19(20)10-7-15(17)3/h5-10,12,18,21H,4,11,13H2,1-3H3. The van der Waals surface area contributed by atoms with E-state index in [2.05, 4.69) is 43.4 Å². The van der Waals surface area contributed by atoms with Gasteiger partial charge in [-0.15, -0.1) is 0 Å². The third-order valence-corrected chi connectivity index (χ3v) is 3.97. The molecular weight excluding hydrogens is 261 g/mol. The van der Waals surface area contributed by atoms with E-state index in [0.29, 0.717) is 5.92 Å². The second-order valence-electron chi connectivity index (χ2n) is 5.69. The van der Waals surface area contributed by atoms with E-state index in [1.54, 1.807) is 6.07 Å². The maximum atomic E-state index is 13.5. The molecule has 0 heterocycles. The Labute approximate surface area is 127 Å². The molecule has 0 saturated carbocycles. The summed E-state index contributed by atoms with van der Waals surface area (Å²) < 4.78 is 13.5. The van der Waals surface area contributed by atoms with Crippen LogP contribution in [0.4, 0.5) is 4.39 Å². The molecule has 1 unspecified atom stereocenters. The highest BCUT2D eigenvalue weighted by Crippen LogP contribution is 2.23. The van der Waals surface area contributed by atoms with Crippen LogP contribution in [-0.4, -0.2) is 13.1 Å². The van der Waals surface area contributed by atoms with Crippen LogP contribution in [0, 0.1) is 19.7 Å². The van der Waals surface area contributed by atoms with E-state index in [9.17, 15) is 4.39 Å². The third kappa shape index (κ3) is 4.40. The molecule has 0 fully saturated rings. The first-order chi connectivity index (χ1) is 10.1. The Bertz CT molecular complexity index is 575. The van der Waals surface area contributed by atoms with E-state index < -0.39 is 0 Å². The maximum absolute atomic E-state index is 13.5. The van der Waals surface area contributed by atoms with Gasteiger partial charge < -0.3 is 5.32 Å². The first kappa shape index (κ1) is 15.7. The van der Waals surface area contributed by atoms with Gasteiger partial charge in [-0.05, 0) is 55.6 Å². The molecule has 0 aliphatic carbocycles. The molecule has 21 heavy (non-hydrogen) atoms. The van der Waals surface area contributed by atoms with E-state index in [-0.39, 0.29) is 5.82 Å². The molecule has 112 valence electrons. The third-order valence-electron chi connectivity index (χ3n) is 3.97. The van der Waals surface area contributed by atoms with Gasteiger partial charge in [-0.3, -0.25) is 0 Å². The highest BCUT2D eigenvalue weighted by atomic mass is 19.1. The minimum absolute atomic E-state index is 0.151. The van der Waals surface area contributed by atoms with Gasteiger partial charge in [-0.25, -0.2) is 4.39 Å². The van der Waals surface area contributed by atoms with Gasteiger partial charge in [0.25, 0.3) is 0 Å². The van der Waals surface area contributed by atoms with Crippen molar-refractivity contribution in [1.82, 2.24) is 5.32 Å². The second-order valence-corrected chi connectivity index (χ2v) is 5.69. The van der Waals surface area contributed by atoms with Crippen molar-refractivity contribution in [2.45, 2.75) is 33.1 Å². The highest BCUT2D eigenvalue weighted by molar-refractivity contribution is 5.31. The summed E-state index contributed by atoms with van der Waals surface area (Å²) in [5.41, 5.74) is 4.83. The summed E-state index contributed by atoms with van der Waals surface area (Å²) >= 11 is 0. The molecule has 2 aromatic carbocycles. The zero-order valence-electron chi connectivity index (χ0n) is 13.1. The quantitative estimate of drug-likeness (QED) is 0.830. The Morgan fingerprint density at radius 2 is 1.76 bits per heavy atom. The molecule has 1 atom stereocenters. The minimum Gasteiger partial charge on any atom is -0.316 e. The van der Waals surface area contributed by atoms with E-state index in [1.165, 1.54) is 17.2 Å². The summed E-state index contributed by atoms with van der Waals surface area (Å²) in [7, 11) is 0. The Balaban J connectivity index is 2.23. The fourth-order valence-electron chi connectivity index (χ4n) is 2.59. The lowest BCUT2D eigenvalue weighted by atomic mass is 9.89. The van der Waals surface area contributed by atoms with E-state index in [1.807, 2.05) is 13.0 Å². The molecule has 0 saturated heterocycles. The number of likely N-dealkylation sites (N-methyl/N-ethyl adjacent to an activating group) is 1. The molecule has 0 aliphatic heterocycles. The van der Waals surface area contributed by atoms with Crippen LogP contribution in [0.1, 0.15) is 35.1 Å². The van der Waals surface area contributed by atoms with Gasteiger partial charge in [0, 0.05) is 12.5 Å². The van der Waals surface area contributed by atoms with Crippen LogP contribution in [-0.2, 0) is 6.42 Å². The second kappa shape index (κ2) is 7.37. The van der Waals surface area contributed by atoms with Crippen LogP contribution in [0.2, 0.25) is 0 Å². The Hall–Kier alpha value is -1.67. The molecule has 2 aromatic rings. The van der Waals surface area contributed by atoms with Crippen molar-refractivity contribution < 1.29 is 4.39 Å². The number of benzene rings is 2. The van der Waals surface area contributed by atoms with Crippen molar-refractivity contribution >= 4 is 0 Å². The fraction of sp³-hybridized carbons (Fsp3) is 0.368. The minimum atomic E-state index is -0.151. The first-order valence-electron chi connectivity index (χ1n) is 7.62. The van der Waals surface area contributed by atoms with Crippen LogP contribution in [0.5, 0.6) is 0 Å². The van der Waals surface area contributed by atoms with Crippen molar-refractivity contribution in [3.8, 4) is 0 Å². The van der Waals surface area contributed by atoms with Crippen LogP contribution in [0.25, 0.3) is 0 Å². The molecule has 1 N–H and O–H groups in total. The number of halogens is 1. The lowest BCUT2D eigenvalue weighted by Crippen LogP contribution is -2.23. The highest BCUT2D eigenvalue weighted by Gasteiger charge is 2.14. The molecule has 2 heteroatoms. The lowest BCUT2D eigenvalue weighted by Gasteiger charge is -2.19. The molecule has 0 aliphatic rings. The molecule has 0 bridgehead atoms. The average molecular weight is 285 g/mol. The monoisotopic (exact) mass is 285 g/mol. The Morgan fingerprint density at radius 1 is 1.05 bits per heavy atom. The number of rotatable bonds is 6. The number of nitrogens with one attached hydrogen (secondary N) is 1. The summed E-state index contributed by atoms with van der Waals surface area (Å²) in [5, 5.41) is 3.42. The van der Waals surface area contributed by atoms with Crippen molar-refractivity contribution in [3.63, 3.8) is 0 Å². The van der Waals surface area contributed by atoms with Gasteiger partial charge in [-0.1, -0.05) is 42.8 Å². The fourth-order valence-corrected chi connectivity index (χ4v) is 2.59. The van der Waals surface area contributed by atoms with Crippen molar-refractivity contribution in [3.05, 3.63) is 70.5 Å². The van der Waals surface area contributed by atoms with Gasteiger partial charge in [0.1, 0.15) is 5.82 Å². The predicted octanol–water partition coefficient (Wildman–Crippen LogP) is 4.38. The van der Waals surface area contributed by atoms with Gasteiger partial charge in [-0.2, -0.15) is 0 Å². The summed E-state index contributed by atoms with van der Waals surface area (Å²) in [5.74, 6) is 0.216. The van der Waals surface area contributed by atoms with Crippen molar-refractivity contribution in [2.24, 2.45) is 0 Å². The predicted molar refractivity (Wildman–Crippen MR) is 87.3 cm³/mol. The smallest absolute Gasteiger partial charge is 0.123 e. The SMILES string of the molecule is CCNCC(Cc1cc(F)ccc1C)c1ccc(C)cc1. The average Bonchev–Trinajstić information content (AvgIpc) is 2.48. The zero-order chi connectivity index (χ0) is 15.2. The van der Waals surface area contributed by atoms with E-state index in [4.69, 9.17) is 0 Å². The van der Waals surface area contributed by atoms with E-state index in [0.717, 1.165) is 30.6 Å². The molecule has 0 aromatic heterocycles. The number of aryl methyl sites for hydroxylation is 2. The van der Waals surface area contributed by atoms with Crippen molar-refractivity contribution in [1.29, 1.82) is 0 Å². The molecule has 0 radical (unpaired) electrons. The summed E-state index contributed by atoms with van der Waals surface area (Å²) in [6.07, 6.45) is 0.861. The summed E-state index contributed by atoms with van der Waals surface area (Å²) in [4.78, 5) is 0. The summed E-state index contributed by atoms with van der Waals surface area (Å²) in [6.45, 7) is 8.12. The van der Waals surface area contributed by atoms with Crippen molar-refractivity contribution in [2.75, 3.05) is 13.1 Å². The molecule has 2 rings (SSSR count). The van der Waals surface area contributed by atoms with Gasteiger partial charge >= 0.3 is 0 Å². The van der Waals surface area contributed by atoms with E-state index >= 15 is 0 Å². The summed E-state index contributed by atoms with van der Waals surface area (Å²) in [6, 6.07) is 13.7. The van der Waals surface area contributed by atoms with Crippen LogP contribution in [0.3, 0.4) is 0 Å². The Kier molecular flexibility index (Phi) is 5.51. The maximum Gasteiger partial charge on any atom is 0.123 e. The van der Waals surface area contributed by atoms with Gasteiger partial charge in [0.2, 0.25) is 0 Å². The largest absolute Gasteiger partial charge is 0.316 e.